The lowest BCUT2D eigenvalue weighted by Crippen LogP contribution is -1.91. The minimum Gasteiger partial charge on any atom is -0.496 e. The highest BCUT2D eigenvalue weighted by molar-refractivity contribution is 9.09. The van der Waals surface area contributed by atoms with Gasteiger partial charge in [-0.3, -0.25) is 0 Å². The molecule has 82 valence electrons. The lowest BCUT2D eigenvalue weighted by molar-refractivity contribution is 0.408. The van der Waals surface area contributed by atoms with Gasteiger partial charge in [0.2, 0.25) is 0 Å². The van der Waals surface area contributed by atoms with Crippen LogP contribution in [0.2, 0.25) is 0 Å². The molecule has 0 heterocycles. The second-order valence-electron chi connectivity index (χ2n) is 3.57. The first-order valence-corrected chi connectivity index (χ1v) is 6.19. The first kappa shape index (κ1) is 12.3. The summed E-state index contributed by atoms with van der Waals surface area (Å²) in [4.78, 5) is 0. The van der Waals surface area contributed by atoms with Crippen molar-refractivity contribution in [2.75, 3.05) is 12.4 Å². The third kappa shape index (κ3) is 3.38. The van der Waals surface area contributed by atoms with Crippen LogP contribution in [-0.2, 0) is 0 Å². The third-order valence-corrected chi connectivity index (χ3v) is 2.73. The van der Waals surface area contributed by atoms with E-state index in [0.717, 1.165) is 17.5 Å². The predicted molar refractivity (Wildman–Crippen MR) is 69.9 cm³/mol. The van der Waals surface area contributed by atoms with Crippen LogP contribution in [0.1, 0.15) is 23.1 Å². The maximum atomic E-state index is 5.32. The van der Waals surface area contributed by atoms with Crippen molar-refractivity contribution in [3.8, 4) is 5.75 Å². The molecule has 0 saturated heterocycles. The van der Waals surface area contributed by atoms with Gasteiger partial charge < -0.3 is 4.74 Å². The van der Waals surface area contributed by atoms with Crippen molar-refractivity contribution in [1.29, 1.82) is 0 Å². The Bertz CT molecular complexity index is 333. The average molecular weight is 269 g/mol. The highest BCUT2D eigenvalue weighted by Crippen LogP contribution is 2.24. The van der Waals surface area contributed by atoms with Gasteiger partial charge in [0.15, 0.2) is 0 Å². The number of rotatable bonds is 4. The summed E-state index contributed by atoms with van der Waals surface area (Å²) < 4.78 is 5.32. The molecule has 1 rings (SSSR count). The molecular weight excluding hydrogens is 252 g/mol. The van der Waals surface area contributed by atoms with Gasteiger partial charge in [-0.15, -0.1) is 0 Å². The van der Waals surface area contributed by atoms with Gasteiger partial charge in [-0.1, -0.05) is 28.1 Å². The number of halogens is 1. The lowest BCUT2D eigenvalue weighted by atomic mass is 10.1. The minimum atomic E-state index is 0.993. The molecule has 1 nitrogen and oxygen atoms in total. The van der Waals surface area contributed by atoms with Crippen LogP contribution in [0, 0.1) is 13.8 Å². The van der Waals surface area contributed by atoms with Gasteiger partial charge in [-0.2, -0.15) is 0 Å². The Morgan fingerprint density at radius 2 is 1.87 bits per heavy atom. The van der Waals surface area contributed by atoms with E-state index in [2.05, 4.69) is 54.1 Å². The SMILES string of the molecule is COc1c(C)cc(C=CCCBr)cc1C. The average Bonchev–Trinajstić information content (AvgIpc) is 2.18. The number of hydrogen-bond acceptors (Lipinski definition) is 1. The Morgan fingerprint density at radius 1 is 1.27 bits per heavy atom. The molecule has 0 spiro atoms. The Morgan fingerprint density at radius 3 is 2.33 bits per heavy atom. The topological polar surface area (TPSA) is 9.23 Å². The lowest BCUT2D eigenvalue weighted by Gasteiger charge is -2.09. The van der Waals surface area contributed by atoms with E-state index >= 15 is 0 Å². The first-order valence-electron chi connectivity index (χ1n) is 5.06. The van der Waals surface area contributed by atoms with Crippen molar-refractivity contribution in [3.63, 3.8) is 0 Å². The largest absolute Gasteiger partial charge is 0.496 e. The van der Waals surface area contributed by atoms with Crippen LogP contribution < -0.4 is 4.74 Å². The van der Waals surface area contributed by atoms with Crippen molar-refractivity contribution in [2.24, 2.45) is 0 Å². The zero-order valence-corrected chi connectivity index (χ0v) is 11.1. The molecule has 0 unspecified atom stereocenters. The Hall–Kier alpha value is -0.760. The second-order valence-corrected chi connectivity index (χ2v) is 4.36. The monoisotopic (exact) mass is 268 g/mol. The van der Waals surface area contributed by atoms with Gasteiger partial charge in [0.1, 0.15) is 5.75 Å². The normalized spacial score (nSPS) is 10.9. The number of methoxy groups -OCH3 is 1. The smallest absolute Gasteiger partial charge is 0.124 e. The summed E-state index contributed by atoms with van der Waals surface area (Å²) in [6, 6.07) is 4.30. The molecule has 0 aliphatic carbocycles. The predicted octanol–water partition coefficient (Wildman–Crippen LogP) is 4.11. The van der Waals surface area contributed by atoms with E-state index < -0.39 is 0 Å². The molecule has 0 bridgehead atoms. The highest BCUT2D eigenvalue weighted by atomic mass is 79.9. The first-order chi connectivity index (χ1) is 7.19. The molecule has 0 aliphatic rings. The van der Waals surface area contributed by atoms with Gasteiger partial charge in [0, 0.05) is 5.33 Å². The number of aryl methyl sites for hydroxylation is 2. The summed E-state index contributed by atoms with van der Waals surface area (Å²) in [6.07, 6.45) is 5.39. The van der Waals surface area contributed by atoms with Crippen LogP contribution in [0.25, 0.3) is 6.08 Å². The molecule has 1 aromatic carbocycles. The molecule has 15 heavy (non-hydrogen) atoms. The van der Waals surface area contributed by atoms with Crippen molar-refractivity contribution in [3.05, 3.63) is 34.9 Å². The van der Waals surface area contributed by atoms with Crippen LogP contribution in [0.5, 0.6) is 5.75 Å². The maximum Gasteiger partial charge on any atom is 0.124 e. The zero-order valence-electron chi connectivity index (χ0n) is 9.51. The molecular formula is C13H17BrO. The van der Waals surface area contributed by atoms with Gasteiger partial charge in [-0.25, -0.2) is 0 Å². The van der Waals surface area contributed by atoms with Crippen molar-refractivity contribution < 1.29 is 4.74 Å². The van der Waals surface area contributed by atoms with E-state index in [0.29, 0.717) is 0 Å². The fourth-order valence-corrected chi connectivity index (χ4v) is 1.95. The summed E-state index contributed by atoms with van der Waals surface area (Å²) in [6.45, 7) is 4.15. The van der Waals surface area contributed by atoms with E-state index in [1.165, 1.54) is 16.7 Å². The number of ether oxygens (including phenoxy) is 1. The summed E-state index contributed by atoms with van der Waals surface area (Å²) in [5, 5.41) is 1.01. The van der Waals surface area contributed by atoms with E-state index in [-0.39, 0.29) is 0 Å². The van der Waals surface area contributed by atoms with Gasteiger partial charge >= 0.3 is 0 Å². The number of allylic oxidation sites excluding steroid dienone is 1. The molecule has 0 atom stereocenters. The van der Waals surface area contributed by atoms with E-state index in [4.69, 9.17) is 4.74 Å². The zero-order chi connectivity index (χ0) is 11.3. The van der Waals surface area contributed by atoms with E-state index in [1.807, 2.05) is 0 Å². The Labute approximate surface area is 100 Å². The van der Waals surface area contributed by atoms with Crippen LogP contribution in [0.15, 0.2) is 18.2 Å². The molecule has 0 amide bonds. The maximum absolute atomic E-state index is 5.32. The molecule has 2 heteroatoms. The standard InChI is InChI=1S/C13H17BrO/c1-10-8-12(6-4-5-7-14)9-11(2)13(10)15-3/h4,6,8-9H,5,7H2,1-3H3. The van der Waals surface area contributed by atoms with Gasteiger partial charge in [0.05, 0.1) is 7.11 Å². The fourth-order valence-electron chi connectivity index (χ4n) is 1.68. The van der Waals surface area contributed by atoms with Gasteiger partial charge in [-0.05, 0) is 49.1 Å². The molecule has 0 aromatic heterocycles. The number of alkyl halides is 1. The molecule has 0 radical (unpaired) electrons. The number of benzene rings is 1. The minimum absolute atomic E-state index is 0.993. The fraction of sp³-hybridized carbons (Fsp3) is 0.385. The van der Waals surface area contributed by atoms with E-state index in [1.54, 1.807) is 7.11 Å². The van der Waals surface area contributed by atoms with Crippen molar-refractivity contribution in [2.45, 2.75) is 20.3 Å². The van der Waals surface area contributed by atoms with E-state index in [9.17, 15) is 0 Å². The Balaban J connectivity index is 2.93. The van der Waals surface area contributed by atoms with Crippen LogP contribution in [0.4, 0.5) is 0 Å². The Kier molecular flexibility index (Phi) is 4.89. The molecule has 0 fully saturated rings. The molecule has 0 saturated carbocycles. The van der Waals surface area contributed by atoms with Crippen LogP contribution in [0.3, 0.4) is 0 Å². The van der Waals surface area contributed by atoms with Crippen LogP contribution in [-0.4, -0.2) is 12.4 Å². The summed E-state index contributed by atoms with van der Waals surface area (Å²) in [5.74, 6) is 0.993. The van der Waals surface area contributed by atoms with Crippen molar-refractivity contribution >= 4 is 22.0 Å². The molecule has 0 aliphatic heterocycles. The quantitative estimate of drug-likeness (QED) is 0.747. The van der Waals surface area contributed by atoms with Crippen LogP contribution >= 0.6 is 15.9 Å². The van der Waals surface area contributed by atoms with Gasteiger partial charge in [0.25, 0.3) is 0 Å². The summed E-state index contributed by atoms with van der Waals surface area (Å²) >= 11 is 3.40. The number of hydrogen-bond donors (Lipinski definition) is 0. The second kappa shape index (κ2) is 5.96. The third-order valence-electron chi connectivity index (χ3n) is 2.27. The highest BCUT2D eigenvalue weighted by Gasteiger charge is 2.02. The van der Waals surface area contributed by atoms with Crippen molar-refractivity contribution in [1.82, 2.24) is 0 Å². The summed E-state index contributed by atoms with van der Waals surface area (Å²) in [5.41, 5.74) is 3.62. The molecule has 0 N–H and O–H groups in total. The molecule has 1 aromatic rings. The summed E-state index contributed by atoms with van der Waals surface area (Å²) in [7, 11) is 1.72.